The maximum atomic E-state index is 13.1. The zero-order chi connectivity index (χ0) is 16.3. The van der Waals surface area contributed by atoms with Crippen LogP contribution in [0.2, 0.25) is 10.0 Å². The van der Waals surface area contributed by atoms with Gasteiger partial charge < -0.3 is 22.4 Å². The number of rotatable bonds is 5. The average molecular weight is 389 g/mol. The van der Waals surface area contributed by atoms with Crippen molar-refractivity contribution in [1.29, 1.82) is 0 Å². The quantitative estimate of drug-likeness (QED) is 0.725. The first-order valence-corrected chi connectivity index (χ1v) is 7.01. The Morgan fingerprint density at radius 3 is 2.35 bits per heavy atom. The van der Waals surface area contributed by atoms with Crippen LogP contribution in [0, 0.1) is 0 Å². The van der Waals surface area contributed by atoms with Gasteiger partial charge in [-0.3, -0.25) is 0 Å². The van der Waals surface area contributed by atoms with E-state index in [0.717, 1.165) is 6.07 Å². The van der Waals surface area contributed by atoms with Crippen molar-refractivity contribution in [3.05, 3.63) is 52.0 Å². The predicted molar refractivity (Wildman–Crippen MR) is 82.5 cm³/mol. The minimum absolute atomic E-state index is 0. The summed E-state index contributed by atoms with van der Waals surface area (Å²) in [5.41, 5.74) is -0.344. The van der Waals surface area contributed by atoms with Gasteiger partial charge in [-0.1, -0.05) is 28.7 Å². The Kier molecular flexibility index (Phi) is 8.27. The summed E-state index contributed by atoms with van der Waals surface area (Å²) in [5, 5.41) is 0.801. The zero-order valence-electron chi connectivity index (χ0n) is 12.5. The van der Waals surface area contributed by atoms with Gasteiger partial charge in [0.1, 0.15) is 12.4 Å². The maximum absolute atomic E-state index is 13.1. The molecule has 0 heterocycles. The molecule has 0 fully saturated rings. The summed E-state index contributed by atoms with van der Waals surface area (Å²) in [7, 11) is 1.30. The zero-order valence-corrected chi connectivity index (χ0v) is 17.1. The molecule has 0 radical (unpaired) electrons. The number of ether oxygens (including phenoxy) is 2. The van der Waals surface area contributed by atoms with Gasteiger partial charge in [-0.2, -0.15) is 0 Å². The van der Waals surface area contributed by atoms with Gasteiger partial charge in [-0.15, -0.1) is 0 Å². The van der Waals surface area contributed by atoms with Crippen LogP contribution in [0.25, 0.3) is 0 Å². The molecule has 0 aliphatic heterocycles. The Morgan fingerprint density at radius 1 is 1.04 bits per heavy atom. The second-order valence-electron chi connectivity index (χ2n) is 4.50. The molecule has 2 rings (SSSR count). The van der Waals surface area contributed by atoms with E-state index in [1.165, 1.54) is 19.2 Å². The summed E-state index contributed by atoms with van der Waals surface area (Å²) >= 11 is 11.8. The summed E-state index contributed by atoms with van der Waals surface area (Å²) in [5.74, 6) is -0.160. The SMILES string of the molecule is COc1ccc(OCc2cc(Cl)ccc2Cl)c([B-](F)(F)F)c1.[K+]. The van der Waals surface area contributed by atoms with Crippen LogP contribution in [0.1, 0.15) is 5.56 Å². The Hall–Kier alpha value is 0.111. The number of hydrogen-bond donors (Lipinski definition) is 0. The topological polar surface area (TPSA) is 18.5 Å². The molecular formula is C14H11BCl2F3KO2. The Balaban J connectivity index is 0.00000264. The van der Waals surface area contributed by atoms with Crippen LogP contribution in [0.15, 0.2) is 36.4 Å². The monoisotopic (exact) mass is 388 g/mol. The molecule has 2 aromatic carbocycles. The maximum Gasteiger partial charge on any atom is 1.00 e. The van der Waals surface area contributed by atoms with Crippen molar-refractivity contribution < 1.29 is 73.8 Å². The van der Waals surface area contributed by atoms with Gasteiger partial charge in [-0.05, 0) is 36.4 Å². The third-order valence-corrected chi connectivity index (χ3v) is 3.56. The normalized spacial score (nSPS) is 10.9. The molecule has 0 aromatic heterocycles. The summed E-state index contributed by atoms with van der Waals surface area (Å²) < 4.78 is 49.4. The molecule has 0 aliphatic rings. The molecule has 0 bridgehead atoms. The number of hydrogen-bond acceptors (Lipinski definition) is 2. The minimum Gasteiger partial charge on any atom is -0.497 e. The van der Waals surface area contributed by atoms with E-state index < -0.39 is 12.4 Å². The van der Waals surface area contributed by atoms with Crippen LogP contribution >= 0.6 is 23.2 Å². The summed E-state index contributed by atoms with van der Waals surface area (Å²) in [4.78, 5) is 0. The summed E-state index contributed by atoms with van der Waals surface area (Å²) in [6.07, 6.45) is 0. The van der Waals surface area contributed by atoms with E-state index in [-0.39, 0.29) is 69.5 Å². The van der Waals surface area contributed by atoms with Crippen LogP contribution in [0.3, 0.4) is 0 Å². The van der Waals surface area contributed by atoms with E-state index in [1.54, 1.807) is 18.2 Å². The first-order chi connectivity index (χ1) is 10.3. The van der Waals surface area contributed by atoms with Crippen LogP contribution in [-0.2, 0) is 6.61 Å². The van der Waals surface area contributed by atoms with Gasteiger partial charge in [0.15, 0.2) is 0 Å². The summed E-state index contributed by atoms with van der Waals surface area (Å²) in [6.45, 7) is -5.35. The smallest absolute Gasteiger partial charge is 0.497 e. The van der Waals surface area contributed by atoms with Gasteiger partial charge in [0.2, 0.25) is 0 Å². The molecule has 2 nitrogen and oxygen atoms in total. The van der Waals surface area contributed by atoms with E-state index in [1.807, 2.05) is 0 Å². The number of methoxy groups -OCH3 is 1. The van der Waals surface area contributed by atoms with Crippen molar-refractivity contribution in [3.8, 4) is 11.5 Å². The second-order valence-corrected chi connectivity index (χ2v) is 5.35. The molecular weight excluding hydrogens is 378 g/mol. The van der Waals surface area contributed by atoms with Gasteiger partial charge in [0, 0.05) is 15.6 Å². The van der Waals surface area contributed by atoms with Crippen molar-refractivity contribution >= 4 is 35.6 Å². The molecule has 2 aromatic rings. The van der Waals surface area contributed by atoms with Gasteiger partial charge in [0.25, 0.3) is 0 Å². The van der Waals surface area contributed by atoms with Crippen molar-refractivity contribution in [2.24, 2.45) is 0 Å². The fourth-order valence-electron chi connectivity index (χ4n) is 1.85. The molecule has 0 amide bonds. The minimum atomic E-state index is -5.23. The van der Waals surface area contributed by atoms with E-state index in [0.29, 0.717) is 15.6 Å². The molecule has 9 heteroatoms. The van der Waals surface area contributed by atoms with E-state index in [9.17, 15) is 12.9 Å². The standard InChI is InChI=1S/C14H11BCl2F3O2.K/c1-21-11-3-5-14(12(7-11)15(18,19)20)22-8-9-6-10(16)2-4-13(9)17;/h2-7H,8H2,1H3;/q-1;+1. The molecule has 0 saturated heterocycles. The number of halogens is 5. The van der Waals surface area contributed by atoms with E-state index in [2.05, 4.69) is 0 Å². The molecule has 0 aliphatic carbocycles. The molecule has 0 unspecified atom stereocenters. The third-order valence-electron chi connectivity index (χ3n) is 2.96. The largest absolute Gasteiger partial charge is 1.00 e. The first kappa shape index (κ1) is 21.2. The van der Waals surface area contributed by atoms with Crippen molar-refractivity contribution in [2.45, 2.75) is 6.61 Å². The van der Waals surface area contributed by atoms with Crippen LogP contribution in [0.4, 0.5) is 12.9 Å². The molecule has 0 atom stereocenters. The molecule has 0 N–H and O–H groups in total. The van der Waals surface area contributed by atoms with Crippen molar-refractivity contribution in [1.82, 2.24) is 0 Å². The van der Waals surface area contributed by atoms with Crippen LogP contribution in [0.5, 0.6) is 11.5 Å². The van der Waals surface area contributed by atoms with Gasteiger partial charge >= 0.3 is 58.4 Å². The van der Waals surface area contributed by atoms with Crippen molar-refractivity contribution in [2.75, 3.05) is 7.11 Å². The average Bonchev–Trinajstić information content (AvgIpc) is 2.47. The fourth-order valence-corrected chi connectivity index (χ4v) is 2.22. The van der Waals surface area contributed by atoms with Crippen molar-refractivity contribution in [3.63, 3.8) is 0 Å². The van der Waals surface area contributed by atoms with Crippen LogP contribution in [-0.4, -0.2) is 14.1 Å². The first-order valence-electron chi connectivity index (χ1n) is 6.26. The molecule has 0 saturated carbocycles. The van der Waals surface area contributed by atoms with Gasteiger partial charge in [0.05, 0.1) is 12.9 Å². The molecule has 118 valence electrons. The number of benzene rings is 2. The second kappa shape index (κ2) is 8.99. The van der Waals surface area contributed by atoms with Gasteiger partial charge in [-0.25, -0.2) is 0 Å². The van der Waals surface area contributed by atoms with Crippen LogP contribution < -0.4 is 66.3 Å². The molecule has 23 heavy (non-hydrogen) atoms. The van der Waals surface area contributed by atoms with E-state index >= 15 is 0 Å². The molecule has 0 spiro atoms. The van der Waals surface area contributed by atoms with E-state index in [4.69, 9.17) is 32.7 Å². The fraction of sp³-hybridized carbons (Fsp3) is 0.143. The Bertz CT molecular complexity index is 684. The Morgan fingerprint density at radius 2 is 1.74 bits per heavy atom. The predicted octanol–water partition coefficient (Wildman–Crippen LogP) is 1.64. The third kappa shape index (κ3) is 5.85. The Labute approximate surface area is 184 Å². The summed E-state index contributed by atoms with van der Waals surface area (Å²) in [6, 6.07) is 8.24.